The van der Waals surface area contributed by atoms with Gasteiger partial charge in [0.1, 0.15) is 36.6 Å². The zero-order valence-corrected chi connectivity index (χ0v) is 54.6. The first-order valence-electron chi connectivity index (χ1n) is 27.3. The third kappa shape index (κ3) is 24.2. The minimum Gasteiger partial charge on any atom is -0.374 e. The lowest BCUT2D eigenvalue weighted by Gasteiger charge is -2.32. The highest BCUT2D eigenvalue weighted by Crippen LogP contribution is 2.53. The minimum absolute atomic E-state index is 0.0211. The lowest BCUT2D eigenvalue weighted by Crippen LogP contribution is -2.43. The lowest BCUT2D eigenvalue weighted by molar-refractivity contribution is -0.124. The summed E-state index contributed by atoms with van der Waals surface area (Å²) in [5.74, 6) is 0.833. The molecule has 476 valence electrons. The summed E-state index contributed by atoms with van der Waals surface area (Å²) in [5.41, 5.74) is -4.83. The summed E-state index contributed by atoms with van der Waals surface area (Å²) in [5, 5.41) is 0. The number of hydrogen-bond acceptors (Lipinski definition) is 18. The summed E-state index contributed by atoms with van der Waals surface area (Å²) >= 11 is 5.22. The monoisotopic (exact) mass is 1240 g/mol. The van der Waals surface area contributed by atoms with E-state index in [-0.39, 0.29) is 34.1 Å². The maximum atomic E-state index is 12.3. The van der Waals surface area contributed by atoms with Crippen molar-refractivity contribution in [2.45, 2.75) is 229 Å². The van der Waals surface area contributed by atoms with E-state index in [1.807, 2.05) is 62.3 Å². The van der Waals surface area contributed by atoms with Crippen molar-refractivity contribution in [1.29, 1.82) is 0 Å². The van der Waals surface area contributed by atoms with Gasteiger partial charge in [0.25, 0.3) is 16.7 Å². The van der Waals surface area contributed by atoms with Crippen molar-refractivity contribution in [3.05, 3.63) is 99.3 Å². The van der Waals surface area contributed by atoms with E-state index in [2.05, 4.69) is 56.5 Å². The second-order valence-electron chi connectivity index (χ2n) is 26.9. The Balaban J connectivity index is 0.000000317. The molecule has 0 aromatic carbocycles. The van der Waals surface area contributed by atoms with Gasteiger partial charge in [-0.25, -0.2) is 18.9 Å². The maximum absolute atomic E-state index is 12.3. The van der Waals surface area contributed by atoms with E-state index in [1.54, 1.807) is 27.9 Å². The molecule has 0 bridgehead atoms. The molecule has 0 saturated carbocycles. The molecule has 0 radical (unpaired) electrons. The first-order valence-corrected chi connectivity index (χ1v) is 31.4. The molecule has 6 N–H and O–H groups in total. The highest BCUT2D eigenvalue weighted by atomic mass is 32.5. The van der Waals surface area contributed by atoms with Crippen molar-refractivity contribution in [2.75, 3.05) is 21.3 Å². The molecular formula is C54H94N6O20P2S. The Labute approximate surface area is 490 Å². The van der Waals surface area contributed by atoms with Crippen LogP contribution in [-0.2, 0) is 63.1 Å². The molecule has 3 aromatic rings. The van der Waals surface area contributed by atoms with Crippen molar-refractivity contribution < 1.29 is 66.0 Å². The van der Waals surface area contributed by atoms with Gasteiger partial charge in [-0.3, -0.25) is 52.1 Å². The largest absolute Gasteiger partial charge is 0.470 e. The van der Waals surface area contributed by atoms with Crippen LogP contribution in [0.1, 0.15) is 163 Å². The molecule has 83 heavy (non-hydrogen) atoms. The first-order chi connectivity index (χ1) is 37.7. The molecule has 0 spiro atoms. The molecule has 0 amide bonds. The van der Waals surface area contributed by atoms with Crippen molar-refractivity contribution >= 4 is 26.3 Å². The van der Waals surface area contributed by atoms with Crippen LogP contribution in [0.4, 0.5) is 0 Å². The Kier molecular flexibility index (Phi) is 26.1. The van der Waals surface area contributed by atoms with E-state index >= 15 is 0 Å². The van der Waals surface area contributed by atoms with Crippen LogP contribution in [0.2, 0.25) is 0 Å². The molecule has 29 heteroatoms. The molecule has 6 rings (SSSR count). The fourth-order valence-corrected chi connectivity index (χ4v) is 12.1. The number of phosphoric ester groups is 1. The molecule has 3 fully saturated rings. The Hall–Kier alpha value is -3.60. The second-order valence-corrected chi connectivity index (χ2v) is 30.8. The number of H-pyrrole nitrogens is 3. The van der Waals surface area contributed by atoms with E-state index in [0.717, 1.165) is 23.0 Å². The molecule has 3 aromatic heterocycles. The summed E-state index contributed by atoms with van der Waals surface area (Å²) < 4.78 is 72.4. The molecular weight excluding hydrogens is 1150 g/mol. The van der Waals surface area contributed by atoms with Crippen LogP contribution in [-0.4, -0.2) is 131 Å². The number of rotatable bonds is 15. The van der Waals surface area contributed by atoms with Gasteiger partial charge < -0.3 is 52.4 Å². The van der Waals surface area contributed by atoms with Crippen molar-refractivity contribution in [2.24, 2.45) is 22.2 Å². The average molecular weight is 1240 g/mol. The van der Waals surface area contributed by atoms with Gasteiger partial charge in [0.05, 0.1) is 29.5 Å². The van der Waals surface area contributed by atoms with Gasteiger partial charge in [-0.15, -0.1) is 0 Å². The van der Waals surface area contributed by atoms with Crippen LogP contribution >= 0.6 is 14.5 Å². The number of nitrogens with one attached hydrogen (secondary N) is 3. The SMILES string of the molecule is CC(C)C.COC1[C@@H](OC(C)(C)C)[C@@H](CC(C)(C)C)O[C@H]1n1ccc(=O)[nH]c1=O.COC1[C@@H](OP(=O)(O)O)[C@@H](CC(C)(C)C)O[C@H]1n1ccc(=O)[nH]c1=O.COC1[C@@H](OP(O)(=S)OC(C)(C)C)[C@@H](CC(C)(C)C)O[C@H]1n1ccc(=O)[nH]c1=O. The predicted molar refractivity (Wildman–Crippen MR) is 315 cm³/mol. The first kappa shape index (κ1) is 73.7. The number of ether oxygens (including phenoxy) is 7. The van der Waals surface area contributed by atoms with E-state index in [1.165, 1.54) is 54.1 Å². The highest BCUT2D eigenvalue weighted by Gasteiger charge is 2.53. The topological polar surface area (TPSA) is 335 Å². The van der Waals surface area contributed by atoms with Gasteiger partial charge in [-0.1, -0.05) is 83.1 Å². The van der Waals surface area contributed by atoms with Gasteiger partial charge >= 0.3 is 31.6 Å². The predicted octanol–water partition coefficient (Wildman–Crippen LogP) is 6.40. The van der Waals surface area contributed by atoms with Crippen LogP contribution in [0, 0.1) is 22.2 Å². The zero-order valence-electron chi connectivity index (χ0n) is 52.0. The number of hydrogen-bond donors (Lipinski definition) is 6. The highest BCUT2D eigenvalue weighted by molar-refractivity contribution is 8.07. The summed E-state index contributed by atoms with van der Waals surface area (Å²) in [6, 6.07) is 3.67. The van der Waals surface area contributed by atoms with Crippen LogP contribution < -0.4 is 33.7 Å². The van der Waals surface area contributed by atoms with Gasteiger partial charge in [0, 0.05) is 58.1 Å². The second kappa shape index (κ2) is 29.4. The standard InChI is InChI=1S/C18H31N2O7PS.C18H30N2O5.C14H23N2O8P.C4H10/c1-17(2,3)10-11-13(26-28(23,29)27-18(4,5)6)14(24-7)15(25-11)20-9-8-12(21)19-16(20)22;1-17(2,3)10-11-13(25-18(4,5)6)14(23-7)15(24-11)20-9-8-12(21)19-16(20)22;1-14(2,3)7-8-10(24-25(19,20)21)11(22-4)12(23-8)16-6-5-9(17)15-13(16)18;1-4(2)3/h8-9,11,13-15H,10H2,1-7H3,(H,23,29)(H,19,21,22);8-9,11,13-15H,10H2,1-7H3,(H,19,21,22);5-6,8,10-12H,7H2,1-4H3,(H,15,17,18)(H2,19,20,21);4H,1-3H3/t11-,13+,14?,15-,28?;11-,13+,14?,15-;8-,10+,11?,12-;/m111./s1. The summed E-state index contributed by atoms with van der Waals surface area (Å²) in [6.07, 6.45) is -2.64. The molecule has 6 heterocycles. The molecule has 3 aliphatic heterocycles. The number of methoxy groups -OCH3 is 3. The fraction of sp³-hybridized carbons (Fsp3) is 0.778. The van der Waals surface area contributed by atoms with E-state index in [9.17, 15) is 48.0 Å². The van der Waals surface area contributed by atoms with Crippen molar-refractivity contribution in [3.8, 4) is 0 Å². The van der Waals surface area contributed by atoms with E-state index in [4.69, 9.17) is 58.5 Å². The smallest absolute Gasteiger partial charge is 0.374 e. The summed E-state index contributed by atoms with van der Waals surface area (Å²) in [4.78, 5) is 106. The van der Waals surface area contributed by atoms with Crippen molar-refractivity contribution in [3.63, 3.8) is 0 Å². The molecule has 3 saturated heterocycles. The molecule has 3 aliphatic rings. The van der Waals surface area contributed by atoms with Crippen LogP contribution in [0.15, 0.2) is 65.6 Å². The molecule has 26 nitrogen and oxygen atoms in total. The summed E-state index contributed by atoms with van der Waals surface area (Å²) in [7, 11) is -0.448. The Morgan fingerprint density at radius 1 is 0.506 bits per heavy atom. The Bertz CT molecular complexity index is 3010. The Morgan fingerprint density at radius 3 is 1.02 bits per heavy atom. The normalized spacial score (nSPS) is 26.8. The van der Waals surface area contributed by atoms with Crippen molar-refractivity contribution in [1.82, 2.24) is 28.7 Å². The number of aromatic nitrogens is 6. The Morgan fingerprint density at radius 2 is 0.783 bits per heavy atom. The average Bonchev–Trinajstić information content (AvgIpc) is 4.10. The van der Waals surface area contributed by atoms with Crippen LogP contribution in [0.5, 0.6) is 0 Å². The quantitative estimate of drug-likeness (QED) is 0.0897. The fourth-order valence-electron chi connectivity index (χ4n) is 9.22. The van der Waals surface area contributed by atoms with Gasteiger partial charge in [0.2, 0.25) is 0 Å². The molecule has 4 unspecified atom stereocenters. The van der Waals surface area contributed by atoms with E-state index in [0.29, 0.717) is 12.8 Å². The van der Waals surface area contributed by atoms with Gasteiger partial charge in [-0.05, 0) is 94.8 Å². The zero-order chi connectivity index (χ0) is 63.8. The number of phosphoric acid groups is 1. The maximum Gasteiger partial charge on any atom is 0.470 e. The lowest BCUT2D eigenvalue weighted by atomic mass is 9.87. The molecule has 13 atom stereocenters. The third-order valence-corrected chi connectivity index (χ3v) is 14.2. The van der Waals surface area contributed by atoms with Gasteiger partial charge in [0.15, 0.2) is 18.7 Å². The molecule has 0 aliphatic carbocycles. The number of aromatic amines is 3. The summed E-state index contributed by atoms with van der Waals surface area (Å²) in [6.45, 7) is 32.4. The van der Waals surface area contributed by atoms with Crippen LogP contribution in [0.3, 0.4) is 0 Å². The third-order valence-electron chi connectivity index (χ3n) is 11.9. The number of nitrogens with zero attached hydrogens (tertiary/aromatic N) is 3. The van der Waals surface area contributed by atoms with E-state index < -0.39 is 115 Å². The minimum atomic E-state index is -4.81. The van der Waals surface area contributed by atoms with Crippen LogP contribution in [0.25, 0.3) is 0 Å². The van der Waals surface area contributed by atoms with Gasteiger partial charge in [-0.2, -0.15) is 0 Å².